The molecule has 188 valence electrons. The van der Waals surface area contributed by atoms with Gasteiger partial charge in [0.1, 0.15) is 11.5 Å². The zero-order valence-corrected chi connectivity index (χ0v) is 21.5. The van der Waals surface area contributed by atoms with Gasteiger partial charge in [-0.2, -0.15) is 5.10 Å². The van der Waals surface area contributed by atoms with Crippen molar-refractivity contribution in [2.24, 2.45) is 7.05 Å². The van der Waals surface area contributed by atoms with E-state index in [0.29, 0.717) is 13.0 Å². The van der Waals surface area contributed by atoms with Crippen molar-refractivity contribution in [2.45, 2.75) is 25.2 Å². The quantitative estimate of drug-likeness (QED) is 0.346. The van der Waals surface area contributed by atoms with E-state index in [0.717, 1.165) is 64.3 Å². The van der Waals surface area contributed by atoms with Crippen molar-refractivity contribution in [1.82, 2.24) is 24.6 Å². The molecule has 2 aromatic heterocycles. The summed E-state index contributed by atoms with van der Waals surface area (Å²) in [7, 11) is 5.19. The molecule has 8 nitrogen and oxygen atoms in total. The average molecular weight is 508 g/mol. The maximum absolute atomic E-state index is 12.3. The minimum Gasteiger partial charge on any atom is -0.497 e. The smallest absolute Gasteiger partial charge is 0.222 e. The summed E-state index contributed by atoms with van der Waals surface area (Å²) in [6.07, 6.45) is 7.85. The number of halogens is 1. The molecule has 1 saturated heterocycles. The van der Waals surface area contributed by atoms with Crippen LogP contribution >= 0.6 is 12.4 Å². The van der Waals surface area contributed by atoms with Crippen molar-refractivity contribution in [3.8, 4) is 22.8 Å². The summed E-state index contributed by atoms with van der Waals surface area (Å²) in [6.45, 7) is 1.52. The van der Waals surface area contributed by atoms with Crippen LogP contribution in [0.2, 0.25) is 0 Å². The molecule has 0 bridgehead atoms. The van der Waals surface area contributed by atoms with Crippen molar-refractivity contribution in [3.05, 3.63) is 66.1 Å². The number of amides is 1. The van der Waals surface area contributed by atoms with E-state index in [2.05, 4.69) is 22.2 Å². The first kappa shape index (κ1) is 25.4. The van der Waals surface area contributed by atoms with Crippen LogP contribution in [-0.2, 0) is 11.8 Å². The lowest BCUT2D eigenvalue weighted by Crippen LogP contribution is -2.27. The first-order valence-electron chi connectivity index (χ1n) is 11.8. The van der Waals surface area contributed by atoms with Crippen molar-refractivity contribution in [1.29, 1.82) is 0 Å². The number of carbonyl (C=O) groups excluding carboxylic acids is 1. The Balaban J connectivity index is 0.00000304. The van der Waals surface area contributed by atoms with Crippen molar-refractivity contribution < 1.29 is 14.3 Å². The van der Waals surface area contributed by atoms with Gasteiger partial charge in [0.25, 0.3) is 0 Å². The van der Waals surface area contributed by atoms with Crippen LogP contribution in [0.4, 0.5) is 0 Å². The molecule has 0 saturated carbocycles. The Labute approximate surface area is 216 Å². The van der Waals surface area contributed by atoms with Gasteiger partial charge >= 0.3 is 0 Å². The predicted molar refractivity (Wildman–Crippen MR) is 141 cm³/mol. The summed E-state index contributed by atoms with van der Waals surface area (Å²) >= 11 is 0. The number of aryl methyl sites for hydroxylation is 1. The van der Waals surface area contributed by atoms with Gasteiger partial charge in [0.05, 0.1) is 43.3 Å². The minimum atomic E-state index is 0. The Bertz CT molecular complexity index is 1350. The van der Waals surface area contributed by atoms with E-state index in [9.17, 15) is 4.79 Å². The van der Waals surface area contributed by atoms with Crippen molar-refractivity contribution in [3.63, 3.8) is 0 Å². The van der Waals surface area contributed by atoms with E-state index >= 15 is 0 Å². The SMILES string of the molecule is COc1cc(OC)cc(C(CCN2CCCC2=O)c2ccc3ncc(-c4cnn(C)c4)nc3c2)c1.Cl. The number of hydrogen-bond donors (Lipinski definition) is 0. The van der Waals surface area contributed by atoms with E-state index < -0.39 is 0 Å². The van der Waals surface area contributed by atoms with Gasteiger partial charge < -0.3 is 14.4 Å². The molecule has 5 rings (SSSR count). The molecule has 0 aliphatic carbocycles. The summed E-state index contributed by atoms with van der Waals surface area (Å²) in [5.74, 6) is 1.74. The molecular weight excluding hydrogens is 478 g/mol. The van der Waals surface area contributed by atoms with Crippen LogP contribution in [0.3, 0.4) is 0 Å². The first-order chi connectivity index (χ1) is 17.0. The second kappa shape index (κ2) is 11.0. The van der Waals surface area contributed by atoms with Gasteiger partial charge in [0, 0.05) is 50.3 Å². The van der Waals surface area contributed by atoms with E-state index in [4.69, 9.17) is 14.5 Å². The molecule has 4 aromatic rings. The highest BCUT2D eigenvalue weighted by atomic mass is 35.5. The van der Waals surface area contributed by atoms with Gasteiger partial charge in [0.15, 0.2) is 0 Å². The van der Waals surface area contributed by atoms with Crippen LogP contribution in [0.5, 0.6) is 11.5 Å². The van der Waals surface area contributed by atoms with E-state index in [-0.39, 0.29) is 24.2 Å². The maximum atomic E-state index is 12.3. The largest absolute Gasteiger partial charge is 0.497 e. The fraction of sp³-hybridized carbons (Fsp3) is 0.333. The molecular formula is C27H30ClN5O3. The Kier molecular flexibility index (Phi) is 7.74. The molecule has 3 heterocycles. The number of nitrogens with zero attached hydrogens (tertiary/aromatic N) is 5. The lowest BCUT2D eigenvalue weighted by atomic mass is 9.87. The molecule has 2 aromatic carbocycles. The average Bonchev–Trinajstić information content (AvgIpc) is 3.51. The number of methoxy groups -OCH3 is 2. The molecule has 9 heteroatoms. The van der Waals surface area contributed by atoms with Crippen LogP contribution in [0.25, 0.3) is 22.3 Å². The number of fused-ring (bicyclic) bond motifs is 1. The third-order valence-corrected chi connectivity index (χ3v) is 6.60. The summed E-state index contributed by atoms with van der Waals surface area (Å²) < 4.78 is 12.8. The summed E-state index contributed by atoms with van der Waals surface area (Å²) in [6, 6.07) is 12.2. The van der Waals surface area contributed by atoms with Crippen LogP contribution in [0.15, 0.2) is 55.0 Å². The highest BCUT2D eigenvalue weighted by Gasteiger charge is 2.23. The van der Waals surface area contributed by atoms with E-state index in [1.807, 2.05) is 42.4 Å². The highest BCUT2D eigenvalue weighted by Crippen LogP contribution is 2.35. The predicted octanol–water partition coefficient (Wildman–Crippen LogP) is 4.61. The van der Waals surface area contributed by atoms with Crippen molar-refractivity contribution >= 4 is 29.3 Å². The zero-order valence-electron chi connectivity index (χ0n) is 20.7. The molecule has 0 radical (unpaired) electrons. The fourth-order valence-corrected chi connectivity index (χ4v) is 4.72. The highest BCUT2D eigenvalue weighted by molar-refractivity contribution is 5.85. The lowest BCUT2D eigenvalue weighted by molar-refractivity contribution is -0.127. The van der Waals surface area contributed by atoms with Crippen LogP contribution in [0, 0.1) is 0 Å². The van der Waals surface area contributed by atoms with Gasteiger partial charge in [0.2, 0.25) is 5.91 Å². The minimum absolute atomic E-state index is 0. The molecule has 0 spiro atoms. The van der Waals surface area contributed by atoms with Crippen LogP contribution < -0.4 is 9.47 Å². The second-order valence-corrected chi connectivity index (χ2v) is 8.88. The number of carbonyl (C=O) groups is 1. The zero-order chi connectivity index (χ0) is 24.4. The molecule has 1 atom stereocenters. The third kappa shape index (κ3) is 5.28. The number of rotatable bonds is 8. The van der Waals surface area contributed by atoms with Gasteiger partial charge in [-0.25, -0.2) is 4.98 Å². The Morgan fingerprint density at radius 2 is 1.78 bits per heavy atom. The van der Waals surface area contributed by atoms with Crippen LogP contribution in [0.1, 0.15) is 36.3 Å². The van der Waals surface area contributed by atoms with Crippen molar-refractivity contribution in [2.75, 3.05) is 27.3 Å². The topological polar surface area (TPSA) is 82.4 Å². The summed E-state index contributed by atoms with van der Waals surface area (Å²) in [5.41, 5.74) is 5.54. The summed E-state index contributed by atoms with van der Waals surface area (Å²) in [5, 5.41) is 4.25. The third-order valence-electron chi connectivity index (χ3n) is 6.60. The maximum Gasteiger partial charge on any atom is 0.222 e. The molecule has 1 unspecified atom stereocenters. The summed E-state index contributed by atoms with van der Waals surface area (Å²) in [4.78, 5) is 23.7. The fourth-order valence-electron chi connectivity index (χ4n) is 4.72. The second-order valence-electron chi connectivity index (χ2n) is 8.88. The molecule has 1 aliphatic heterocycles. The van der Waals surface area contributed by atoms with Gasteiger partial charge in [-0.05, 0) is 48.2 Å². The van der Waals surface area contributed by atoms with Gasteiger partial charge in [-0.1, -0.05) is 6.07 Å². The van der Waals surface area contributed by atoms with E-state index in [1.165, 1.54) is 0 Å². The Morgan fingerprint density at radius 1 is 1.00 bits per heavy atom. The Morgan fingerprint density at radius 3 is 2.42 bits per heavy atom. The van der Waals surface area contributed by atoms with E-state index in [1.54, 1.807) is 31.3 Å². The normalized spacial score (nSPS) is 14.1. The number of benzene rings is 2. The number of hydrogen-bond acceptors (Lipinski definition) is 6. The van der Waals surface area contributed by atoms with Gasteiger partial charge in [-0.3, -0.25) is 14.5 Å². The van der Waals surface area contributed by atoms with Gasteiger partial charge in [-0.15, -0.1) is 12.4 Å². The number of ether oxygens (including phenoxy) is 2. The molecule has 1 fully saturated rings. The molecule has 36 heavy (non-hydrogen) atoms. The first-order valence-corrected chi connectivity index (χ1v) is 11.8. The molecule has 1 aliphatic rings. The standard InChI is InChI=1S/C27H29N5O3.ClH/c1-31-17-20(15-29-31)26-16-28-24-7-6-18(13-25(24)30-26)23(8-10-32-9-4-5-27(32)33)19-11-21(34-2)14-22(12-19)35-3;/h6-7,11-17,23H,4-5,8-10H2,1-3H3;1H. The number of aromatic nitrogens is 4. The monoisotopic (exact) mass is 507 g/mol. The molecule has 1 amide bonds. The Hall–Kier alpha value is -3.65. The lowest BCUT2D eigenvalue weighted by Gasteiger charge is -2.23. The molecule has 0 N–H and O–H groups in total. The van der Waals surface area contributed by atoms with Crippen LogP contribution in [-0.4, -0.2) is 57.9 Å². The number of likely N-dealkylation sites (tertiary alicyclic amines) is 1.